The molecule has 0 spiro atoms. The summed E-state index contributed by atoms with van der Waals surface area (Å²) in [6, 6.07) is 4.89. The number of hydrogen-bond acceptors (Lipinski definition) is 3. The third-order valence-electron chi connectivity index (χ3n) is 2.03. The summed E-state index contributed by atoms with van der Waals surface area (Å²) in [6.07, 6.45) is -0.552. The highest BCUT2D eigenvalue weighted by atomic mass is 35.5. The Labute approximate surface area is 116 Å². The average Bonchev–Trinajstić information content (AvgIpc) is 2.26. The normalized spacial score (nSPS) is 10.2. The van der Waals surface area contributed by atoms with Crippen LogP contribution in [-0.4, -0.2) is 17.7 Å². The van der Waals surface area contributed by atoms with Gasteiger partial charge in [0.15, 0.2) is 0 Å². The Morgan fingerprint density at radius 3 is 2.78 bits per heavy atom. The van der Waals surface area contributed by atoms with E-state index in [0.29, 0.717) is 22.9 Å². The summed E-state index contributed by atoms with van der Waals surface area (Å²) in [5.41, 5.74) is 6.56. The van der Waals surface area contributed by atoms with Crippen LogP contribution >= 0.6 is 23.8 Å². The van der Waals surface area contributed by atoms with Crippen molar-refractivity contribution in [2.24, 2.45) is 11.7 Å². The molecule has 1 aromatic carbocycles. The quantitative estimate of drug-likeness (QED) is 0.835. The summed E-state index contributed by atoms with van der Waals surface area (Å²) in [5.74, 6) is 0.269. The summed E-state index contributed by atoms with van der Waals surface area (Å²) in [6.45, 7) is 4.25. The van der Waals surface area contributed by atoms with Crippen LogP contribution in [0.25, 0.3) is 0 Å². The zero-order chi connectivity index (χ0) is 13.7. The van der Waals surface area contributed by atoms with E-state index in [1.165, 1.54) is 0 Å². The van der Waals surface area contributed by atoms with Gasteiger partial charge in [-0.25, -0.2) is 4.79 Å². The fraction of sp³-hybridized carbons (Fsp3) is 0.333. The molecule has 0 heterocycles. The van der Waals surface area contributed by atoms with Gasteiger partial charge in [0.2, 0.25) is 0 Å². The van der Waals surface area contributed by atoms with Crippen molar-refractivity contribution in [3.63, 3.8) is 0 Å². The molecule has 98 valence electrons. The van der Waals surface area contributed by atoms with Gasteiger partial charge in [-0.3, -0.25) is 5.32 Å². The van der Waals surface area contributed by atoms with E-state index < -0.39 is 6.09 Å². The monoisotopic (exact) mass is 286 g/mol. The zero-order valence-corrected chi connectivity index (χ0v) is 11.8. The fourth-order valence-corrected chi connectivity index (χ4v) is 1.57. The predicted octanol–water partition coefficient (Wildman–Crippen LogP) is 3.18. The number of anilines is 1. The molecular weight excluding hydrogens is 272 g/mol. The lowest BCUT2D eigenvalue weighted by atomic mass is 10.2. The van der Waals surface area contributed by atoms with Crippen LogP contribution in [-0.2, 0) is 4.74 Å². The molecule has 0 unspecified atom stereocenters. The molecule has 0 saturated carbocycles. The number of hydrogen-bond donors (Lipinski definition) is 2. The van der Waals surface area contributed by atoms with Crippen molar-refractivity contribution in [2.45, 2.75) is 13.8 Å². The third kappa shape index (κ3) is 4.50. The smallest absolute Gasteiger partial charge is 0.411 e. The molecule has 0 bridgehead atoms. The van der Waals surface area contributed by atoms with Gasteiger partial charge in [0.25, 0.3) is 0 Å². The topological polar surface area (TPSA) is 64.3 Å². The van der Waals surface area contributed by atoms with Crippen LogP contribution in [0.5, 0.6) is 0 Å². The third-order valence-corrected chi connectivity index (χ3v) is 2.49. The highest BCUT2D eigenvalue weighted by molar-refractivity contribution is 7.80. The van der Waals surface area contributed by atoms with Crippen LogP contribution in [0.3, 0.4) is 0 Å². The molecule has 0 aliphatic rings. The first-order valence-electron chi connectivity index (χ1n) is 5.43. The Morgan fingerprint density at radius 2 is 2.22 bits per heavy atom. The van der Waals surface area contributed by atoms with Crippen molar-refractivity contribution in [3.8, 4) is 0 Å². The number of nitrogens with one attached hydrogen (secondary N) is 1. The first-order valence-corrected chi connectivity index (χ1v) is 6.22. The molecule has 0 fully saturated rings. The number of amides is 1. The van der Waals surface area contributed by atoms with Gasteiger partial charge in [0.1, 0.15) is 4.99 Å². The highest BCUT2D eigenvalue weighted by Crippen LogP contribution is 2.21. The molecule has 3 N–H and O–H groups in total. The standard InChI is InChI=1S/C12H15ClN2O2S/c1-7(2)6-17-12(16)15-10-5-8(13)3-4-9(10)11(14)18/h3-5,7H,6H2,1-2H3,(H2,14,18)(H,15,16). The molecule has 0 saturated heterocycles. The lowest BCUT2D eigenvalue weighted by Gasteiger charge is -2.12. The van der Waals surface area contributed by atoms with Gasteiger partial charge >= 0.3 is 6.09 Å². The van der Waals surface area contributed by atoms with Crippen molar-refractivity contribution in [2.75, 3.05) is 11.9 Å². The highest BCUT2D eigenvalue weighted by Gasteiger charge is 2.10. The van der Waals surface area contributed by atoms with Crippen LogP contribution in [0.2, 0.25) is 5.02 Å². The van der Waals surface area contributed by atoms with Gasteiger partial charge in [-0.2, -0.15) is 0 Å². The SMILES string of the molecule is CC(C)COC(=O)Nc1cc(Cl)ccc1C(N)=S. The number of halogens is 1. The second kappa shape index (κ2) is 6.56. The molecule has 4 nitrogen and oxygen atoms in total. The van der Waals surface area contributed by atoms with Gasteiger partial charge in [-0.05, 0) is 24.1 Å². The zero-order valence-electron chi connectivity index (χ0n) is 10.2. The van der Waals surface area contributed by atoms with E-state index in [1.807, 2.05) is 13.8 Å². The van der Waals surface area contributed by atoms with Crippen LogP contribution in [0, 0.1) is 5.92 Å². The Morgan fingerprint density at radius 1 is 1.56 bits per heavy atom. The van der Waals surface area contributed by atoms with Gasteiger partial charge in [0, 0.05) is 10.6 Å². The summed E-state index contributed by atoms with van der Waals surface area (Å²) in [5, 5.41) is 3.06. The summed E-state index contributed by atoms with van der Waals surface area (Å²) in [7, 11) is 0. The first kappa shape index (κ1) is 14.7. The van der Waals surface area contributed by atoms with Gasteiger partial charge in [0.05, 0.1) is 12.3 Å². The maximum Gasteiger partial charge on any atom is 0.411 e. The maximum absolute atomic E-state index is 11.5. The number of benzene rings is 1. The van der Waals surface area contributed by atoms with Crippen molar-refractivity contribution in [1.82, 2.24) is 0 Å². The van der Waals surface area contributed by atoms with Crippen molar-refractivity contribution in [1.29, 1.82) is 0 Å². The van der Waals surface area contributed by atoms with Crippen LogP contribution in [0.4, 0.5) is 10.5 Å². The molecule has 1 aromatic rings. The molecule has 0 aliphatic heterocycles. The van der Waals surface area contributed by atoms with E-state index in [1.54, 1.807) is 18.2 Å². The van der Waals surface area contributed by atoms with Crippen LogP contribution < -0.4 is 11.1 Å². The molecular formula is C12H15ClN2O2S. The van der Waals surface area contributed by atoms with E-state index in [0.717, 1.165) is 0 Å². The Balaban J connectivity index is 2.79. The second-order valence-electron chi connectivity index (χ2n) is 4.17. The van der Waals surface area contributed by atoms with E-state index in [2.05, 4.69) is 5.32 Å². The van der Waals surface area contributed by atoms with Crippen LogP contribution in [0.15, 0.2) is 18.2 Å². The number of ether oxygens (including phenoxy) is 1. The fourth-order valence-electron chi connectivity index (χ4n) is 1.22. The summed E-state index contributed by atoms with van der Waals surface area (Å²) >= 11 is 10.8. The maximum atomic E-state index is 11.5. The molecule has 0 radical (unpaired) electrons. The minimum Gasteiger partial charge on any atom is -0.449 e. The molecule has 1 amide bonds. The molecule has 1 rings (SSSR count). The summed E-state index contributed by atoms with van der Waals surface area (Å²) in [4.78, 5) is 11.7. The Hall–Kier alpha value is -1.33. The lowest BCUT2D eigenvalue weighted by Crippen LogP contribution is -2.20. The minimum atomic E-state index is -0.552. The molecule has 0 atom stereocenters. The van der Waals surface area contributed by atoms with E-state index in [-0.39, 0.29) is 10.9 Å². The van der Waals surface area contributed by atoms with Crippen molar-refractivity contribution >= 4 is 40.6 Å². The second-order valence-corrected chi connectivity index (χ2v) is 5.05. The number of rotatable bonds is 4. The molecule has 0 aromatic heterocycles. The van der Waals surface area contributed by atoms with Crippen molar-refractivity contribution in [3.05, 3.63) is 28.8 Å². The number of nitrogens with two attached hydrogens (primary N) is 1. The number of thiocarbonyl (C=S) groups is 1. The van der Waals surface area contributed by atoms with Crippen molar-refractivity contribution < 1.29 is 9.53 Å². The van der Waals surface area contributed by atoms with E-state index >= 15 is 0 Å². The minimum absolute atomic E-state index is 0.186. The Bertz CT molecular complexity index is 463. The number of carbonyl (C=O) groups excluding carboxylic acids is 1. The predicted molar refractivity (Wildman–Crippen MR) is 77.1 cm³/mol. The Kier molecular flexibility index (Phi) is 5.37. The lowest BCUT2D eigenvalue weighted by molar-refractivity contribution is 0.147. The first-order chi connectivity index (χ1) is 8.40. The number of carbonyl (C=O) groups is 1. The largest absolute Gasteiger partial charge is 0.449 e. The van der Waals surface area contributed by atoms with Gasteiger partial charge < -0.3 is 10.5 Å². The average molecular weight is 287 g/mol. The molecule has 0 aliphatic carbocycles. The molecule has 6 heteroatoms. The van der Waals surface area contributed by atoms with E-state index in [4.69, 9.17) is 34.3 Å². The van der Waals surface area contributed by atoms with Crippen LogP contribution in [0.1, 0.15) is 19.4 Å². The van der Waals surface area contributed by atoms with E-state index in [9.17, 15) is 4.79 Å². The molecule has 18 heavy (non-hydrogen) atoms. The summed E-state index contributed by atoms with van der Waals surface area (Å²) < 4.78 is 5.00. The van der Waals surface area contributed by atoms with Gasteiger partial charge in [-0.1, -0.05) is 37.7 Å². The van der Waals surface area contributed by atoms with Gasteiger partial charge in [-0.15, -0.1) is 0 Å².